The summed E-state index contributed by atoms with van der Waals surface area (Å²) in [7, 11) is 3.58. The molecule has 0 saturated heterocycles. The van der Waals surface area contributed by atoms with Crippen LogP contribution in [-0.4, -0.2) is 36.2 Å². The number of hydrogen-bond donors (Lipinski definition) is 1. The SMILES string of the molecule is Cc1cc(C)c(C(=O)N=CN(C)C)c(N)n1. The Balaban J connectivity index is 3.09. The molecule has 5 nitrogen and oxygen atoms in total. The van der Waals surface area contributed by atoms with E-state index in [1.54, 1.807) is 19.0 Å². The van der Waals surface area contributed by atoms with Gasteiger partial charge in [-0.15, -0.1) is 0 Å². The summed E-state index contributed by atoms with van der Waals surface area (Å²) in [4.78, 5) is 21.3. The van der Waals surface area contributed by atoms with E-state index in [-0.39, 0.29) is 11.7 Å². The van der Waals surface area contributed by atoms with Crippen molar-refractivity contribution in [3.8, 4) is 0 Å². The van der Waals surface area contributed by atoms with Gasteiger partial charge in [0.15, 0.2) is 0 Å². The van der Waals surface area contributed by atoms with Crippen LogP contribution in [0.15, 0.2) is 11.1 Å². The Labute approximate surface area is 95.0 Å². The number of carbonyl (C=O) groups excluding carboxylic acids is 1. The summed E-state index contributed by atoms with van der Waals surface area (Å²) in [6.07, 6.45) is 1.45. The minimum absolute atomic E-state index is 0.235. The van der Waals surface area contributed by atoms with Crippen molar-refractivity contribution in [2.45, 2.75) is 13.8 Å². The second-order valence-corrected chi connectivity index (χ2v) is 3.85. The predicted octanol–water partition coefficient (Wildman–Crippen LogP) is 1.01. The summed E-state index contributed by atoms with van der Waals surface area (Å²) in [5.74, 6) is -0.130. The largest absolute Gasteiger partial charge is 0.383 e. The molecule has 5 heteroatoms. The van der Waals surface area contributed by atoms with Gasteiger partial charge in [0.05, 0.1) is 11.9 Å². The van der Waals surface area contributed by atoms with E-state index in [4.69, 9.17) is 5.73 Å². The standard InChI is InChI=1S/C11H16N4O/c1-7-5-8(2)14-10(12)9(7)11(16)13-6-15(3)4/h5-6H,1-4H3,(H2,12,14). The highest BCUT2D eigenvalue weighted by molar-refractivity contribution is 6.03. The smallest absolute Gasteiger partial charge is 0.282 e. The lowest BCUT2D eigenvalue weighted by atomic mass is 10.1. The Bertz CT molecular complexity index is 415. The number of carbonyl (C=O) groups is 1. The summed E-state index contributed by atoms with van der Waals surface area (Å²) >= 11 is 0. The predicted molar refractivity (Wildman–Crippen MR) is 64.6 cm³/mol. The minimum Gasteiger partial charge on any atom is -0.383 e. The first kappa shape index (κ1) is 12.2. The quantitative estimate of drug-likeness (QED) is 0.596. The summed E-state index contributed by atoms with van der Waals surface area (Å²) < 4.78 is 0. The van der Waals surface area contributed by atoms with Gasteiger partial charge in [-0.05, 0) is 25.5 Å². The second-order valence-electron chi connectivity index (χ2n) is 3.85. The topological polar surface area (TPSA) is 71.6 Å². The van der Waals surface area contributed by atoms with E-state index in [0.29, 0.717) is 5.56 Å². The number of aromatic nitrogens is 1. The molecule has 0 atom stereocenters. The van der Waals surface area contributed by atoms with Crippen LogP contribution in [0.2, 0.25) is 0 Å². The van der Waals surface area contributed by atoms with Crippen molar-refractivity contribution in [2.24, 2.45) is 4.99 Å². The molecule has 0 saturated carbocycles. The van der Waals surface area contributed by atoms with Crippen LogP contribution in [0.5, 0.6) is 0 Å². The molecule has 0 aromatic carbocycles. The fraction of sp³-hybridized carbons (Fsp3) is 0.364. The molecule has 0 radical (unpaired) electrons. The van der Waals surface area contributed by atoms with Gasteiger partial charge in [-0.2, -0.15) is 4.99 Å². The average molecular weight is 220 g/mol. The summed E-state index contributed by atoms with van der Waals surface area (Å²) in [5, 5.41) is 0. The minimum atomic E-state index is -0.365. The summed E-state index contributed by atoms with van der Waals surface area (Å²) in [6.45, 7) is 3.66. The van der Waals surface area contributed by atoms with Crippen LogP contribution in [0.1, 0.15) is 21.6 Å². The highest BCUT2D eigenvalue weighted by Crippen LogP contribution is 2.16. The third kappa shape index (κ3) is 2.79. The van der Waals surface area contributed by atoms with Gasteiger partial charge in [-0.25, -0.2) is 4.98 Å². The fourth-order valence-corrected chi connectivity index (χ4v) is 1.38. The molecular formula is C11H16N4O. The number of nitrogens with zero attached hydrogens (tertiary/aromatic N) is 3. The molecule has 1 aromatic heterocycles. The van der Waals surface area contributed by atoms with Crippen molar-refractivity contribution >= 4 is 18.1 Å². The molecule has 2 N–H and O–H groups in total. The highest BCUT2D eigenvalue weighted by atomic mass is 16.1. The maximum absolute atomic E-state index is 11.8. The number of nitrogen functional groups attached to an aromatic ring is 1. The van der Waals surface area contributed by atoms with Crippen molar-refractivity contribution < 1.29 is 4.79 Å². The monoisotopic (exact) mass is 220 g/mol. The van der Waals surface area contributed by atoms with E-state index in [0.717, 1.165) is 11.3 Å². The van der Waals surface area contributed by atoms with Crippen LogP contribution in [0, 0.1) is 13.8 Å². The van der Waals surface area contributed by atoms with Crippen molar-refractivity contribution in [2.75, 3.05) is 19.8 Å². The first-order chi connectivity index (χ1) is 7.41. The van der Waals surface area contributed by atoms with Crippen LogP contribution < -0.4 is 5.73 Å². The van der Waals surface area contributed by atoms with Gasteiger partial charge >= 0.3 is 0 Å². The normalized spacial score (nSPS) is 10.8. The number of aryl methyl sites for hydroxylation is 2. The Kier molecular flexibility index (Phi) is 3.60. The molecule has 0 aliphatic carbocycles. The third-order valence-electron chi connectivity index (χ3n) is 1.99. The van der Waals surface area contributed by atoms with Crippen molar-refractivity contribution in [1.29, 1.82) is 0 Å². The molecule has 16 heavy (non-hydrogen) atoms. The van der Waals surface area contributed by atoms with Crippen LogP contribution in [0.25, 0.3) is 0 Å². The van der Waals surface area contributed by atoms with Crippen molar-refractivity contribution in [3.05, 3.63) is 22.9 Å². The van der Waals surface area contributed by atoms with Gasteiger partial charge in [0.2, 0.25) is 0 Å². The molecule has 0 aliphatic rings. The molecule has 1 amide bonds. The number of amides is 1. The molecule has 1 rings (SSSR count). The highest BCUT2D eigenvalue weighted by Gasteiger charge is 2.13. The molecular weight excluding hydrogens is 204 g/mol. The zero-order chi connectivity index (χ0) is 12.3. The zero-order valence-electron chi connectivity index (χ0n) is 9.98. The van der Waals surface area contributed by atoms with Crippen LogP contribution >= 0.6 is 0 Å². The maximum atomic E-state index is 11.8. The van der Waals surface area contributed by atoms with Crippen LogP contribution in [0.4, 0.5) is 5.82 Å². The van der Waals surface area contributed by atoms with E-state index in [9.17, 15) is 4.79 Å². The molecule has 1 heterocycles. The molecule has 0 fully saturated rings. The van der Waals surface area contributed by atoms with E-state index >= 15 is 0 Å². The lowest BCUT2D eigenvalue weighted by Crippen LogP contribution is -2.12. The second kappa shape index (κ2) is 4.74. The fourth-order valence-electron chi connectivity index (χ4n) is 1.38. The third-order valence-corrected chi connectivity index (χ3v) is 1.99. The van der Waals surface area contributed by atoms with E-state index in [2.05, 4.69) is 9.98 Å². The number of nitrogens with two attached hydrogens (primary N) is 1. The van der Waals surface area contributed by atoms with E-state index in [1.807, 2.05) is 19.9 Å². The van der Waals surface area contributed by atoms with Crippen molar-refractivity contribution in [3.63, 3.8) is 0 Å². The van der Waals surface area contributed by atoms with Gasteiger partial charge in [0, 0.05) is 19.8 Å². The van der Waals surface area contributed by atoms with Gasteiger partial charge in [0.25, 0.3) is 5.91 Å². The number of anilines is 1. The molecule has 86 valence electrons. The van der Waals surface area contributed by atoms with Gasteiger partial charge in [-0.3, -0.25) is 4.79 Å². The maximum Gasteiger partial charge on any atom is 0.282 e. The molecule has 0 bridgehead atoms. The van der Waals surface area contributed by atoms with Gasteiger partial charge < -0.3 is 10.6 Å². The molecule has 1 aromatic rings. The van der Waals surface area contributed by atoms with Crippen LogP contribution in [0.3, 0.4) is 0 Å². The number of rotatable bonds is 2. The first-order valence-corrected chi connectivity index (χ1v) is 4.90. The summed E-state index contributed by atoms with van der Waals surface area (Å²) in [5.41, 5.74) is 7.68. The van der Waals surface area contributed by atoms with E-state index in [1.165, 1.54) is 6.34 Å². The van der Waals surface area contributed by atoms with Crippen LogP contribution in [-0.2, 0) is 0 Å². The Morgan fingerprint density at radius 2 is 2.12 bits per heavy atom. The molecule has 0 spiro atoms. The summed E-state index contributed by atoms with van der Waals surface area (Å²) in [6, 6.07) is 1.81. The lowest BCUT2D eigenvalue weighted by Gasteiger charge is -2.07. The first-order valence-electron chi connectivity index (χ1n) is 4.90. The average Bonchev–Trinajstić information content (AvgIpc) is 2.12. The lowest BCUT2D eigenvalue weighted by molar-refractivity contribution is 0.100. The van der Waals surface area contributed by atoms with E-state index < -0.39 is 0 Å². The number of hydrogen-bond acceptors (Lipinski definition) is 3. The van der Waals surface area contributed by atoms with Gasteiger partial charge in [-0.1, -0.05) is 0 Å². The number of pyridine rings is 1. The molecule has 0 aliphatic heterocycles. The number of aliphatic imine (C=N–C) groups is 1. The Morgan fingerprint density at radius 1 is 1.50 bits per heavy atom. The Morgan fingerprint density at radius 3 is 2.62 bits per heavy atom. The Hall–Kier alpha value is -1.91. The zero-order valence-corrected chi connectivity index (χ0v) is 9.98. The van der Waals surface area contributed by atoms with Gasteiger partial charge in [0.1, 0.15) is 5.82 Å². The van der Waals surface area contributed by atoms with Crippen molar-refractivity contribution in [1.82, 2.24) is 9.88 Å². The molecule has 0 unspecified atom stereocenters.